The molecule has 28 heavy (non-hydrogen) atoms. The molecule has 0 spiro atoms. The van der Waals surface area contributed by atoms with E-state index in [1.165, 1.54) is 12.8 Å². The first-order valence-electron chi connectivity index (χ1n) is 9.60. The molecule has 1 fully saturated rings. The van der Waals surface area contributed by atoms with Crippen molar-refractivity contribution < 1.29 is 4.79 Å². The van der Waals surface area contributed by atoms with Crippen LogP contribution in [0.25, 0.3) is 16.9 Å². The minimum Gasteiger partial charge on any atom is -0.346 e. The average Bonchev–Trinajstić information content (AvgIpc) is 3.28. The number of amides is 1. The van der Waals surface area contributed by atoms with Crippen molar-refractivity contribution in [2.45, 2.75) is 25.9 Å². The van der Waals surface area contributed by atoms with Gasteiger partial charge in [0.25, 0.3) is 5.91 Å². The Balaban J connectivity index is 1.44. The van der Waals surface area contributed by atoms with Gasteiger partial charge in [-0.05, 0) is 55.2 Å². The van der Waals surface area contributed by atoms with Gasteiger partial charge in [0.2, 0.25) is 0 Å². The molecule has 0 aliphatic heterocycles. The Kier molecular flexibility index (Phi) is 4.16. The monoisotopic (exact) mass is 371 g/mol. The first-order chi connectivity index (χ1) is 13.8. The molecule has 1 aliphatic rings. The summed E-state index contributed by atoms with van der Waals surface area (Å²) in [7, 11) is 0. The first kappa shape index (κ1) is 16.7. The zero-order valence-electron chi connectivity index (χ0n) is 15.5. The Labute approximate surface area is 162 Å². The largest absolute Gasteiger partial charge is 0.346 e. The van der Waals surface area contributed by atoms with Crippen LogP contribution in [0.15, 0.2) is 67.1 Å². The van der Waals surface area contributed by atoms with Crippen molar-refractivity contribution in [3.63, 3.8) is 0 Å². The summed E-state index contributed by atoms with van der Waals surface area (Å²) in [6.07, 6.45) is 8.32. The highest BCUT2D eigenvalue weighted by atomic mass is 16.1. The Morgan fingerprint density at radius 3 is 2.82 bits per heavy atom. The van der Waals surface area contributed by atoms with Crippen LogP contribution in [0.2, 0.25) is 0 Å². The van der Waals surface area contributed by atoms with Crippen molar-refractivity contribution in [1.82, 2.24) is 24.5 Å². The summed E-state index contributed by atoms with van der Waals surface area (Å²) in [5.41, 5.74) is 4.15. The number of fused-ring (bicyclic) bond motifs is 1. The maximum atomic E-state index is 12.9. The van der Waals surface area contributed by atoms with Crippen molar-refractivity contribution in [3.05, 3.63) is 78.4 Å². The van der Waals surface area contributed by atoms with Gasteiger partial charge in [-0.15, -0.1) is 0 Å². The van der Waals surface area contributed by atoms with Crippen LogP contribution in [0.1, 0.15) is 28.9 Å². The van der Waals surface area contributed by atoms with Gasteiger partial charge in [-0.2, -0.15) is 5.10 Å². The second-order valence-electron chi connectivity index (χ2n) is 7.27. The lowest BCUT2D eigenvalue weighted by molar-refractivity contribution is 0.0952. The summed E-state index contributed by atoms with van der Waals surface area (Å²) in [5.74, 6) is 0.655. The lowest BCUT2D eigenvalue weighted by Gasteiger charge is -2.04. The van der Waals surface area contributed by atoms with Crippen molar-refractivity contribution in [2.24, 2.45) is 5.92 Å². The van der Waals surface area contributed by atoms with E-state index < -0.39 is 0 Å². The van der Waals surface area contributed by atoms with E-state index in [9.17, 15) is 4.79 Å². The number of carbonyl (C=O) groups excluding carboxylic acids is 1. The molecule has 0 aromatic carbocycles. The molecule has 1 N–H and O–H groups in total. The summed E-state index contributed by atoms with van der Waals surface area (Å²) in [5, 5.41) is 7.70. The van der Waals surface area contributed by atoms with E-state index in [0.717, 1.165) is 35.1 Å². The molecule has 0 bridgehead atoms. The standard InChI is InChI=1S/C22H21N5O/c28-22(24-14-17-5-1-3-10-23-17)18-13-21(27-11-4-2-6-20(18)27)19-9-12-26(25-19)15-16-7-8-16/h1-6,9-13,16H,7-8,14-15H2,(H,24,28). The highest BCUT2D eigenvalue weighted by Gasteiger charge is 2.23. The number of rotatable bonds is 6. The van der Waals surface area contributed by atoms with Gasteiger partial charge in [-0.1, -0.05) is 12.1 Å². The number of pyridine rings is 2. The second-order valence-corrected chi connectivity index (χ2v) is 7.27. The SMILES string of the molecule is O=C(NCc1ccccn1)c1cc(-c2ccn(CC3CC3)n2)n2ccccc12. The third kappa shape index (κ3) is 3.29. The molecule has 140 valence electrons. The van der Waals surface area contributed by atoms with Crippen molar-refractivity contribution >= 4 is 11.4 Å². The molecule has 4 heterocycles. The quantitative estimate of drug-likeness (QED) is 0.564. The number of nitrogens with one attached hydrogen (secondary N) is 1. The zero-order chi connectivity index (χ0) is 18.9. The maximum Gasteiger partial charge on any atom is 0.253 e. The summed E-state index contributed by atoms with van der Waals surface area (Å²) >= 11 is 0. The Hall–Kier alpha value is -3.41. The van der Waals surface area contributed by atoms with Crippen LogP contribution >= 0.6 is 0 Å². The lowest BCUT2D eigenvalue weighted by atomic mass is 10.2. The van der Waals surface area contributed by atoms with Gasteiger partial charge in [-0.25, -0.2) is 0 Å². The fourth-order valence-electron chi connectivity index (χ4n) is 3.47. The molecule has 6 heteroatoms. The first-order valence-corrected chi connectivity index (χ1v) is 9.60. The van der Waals surface area contributed by atoms with E-state index in [2.05, 4.69) is 10.3 Å². The van der Waals surface area contributed by atoms with E-state index in [-0.39, 0.29) is 5.91 Å². The number of hydrogen-bond acceptors (Lipinski definition) is 3. The van der Waals surface area contributed by atoms with Crippen LogP contribution in [-0.2, 0) is 13.1 Å². The number of hydrogen-bond donors (Lipinski definition) is 1. The number of aromatic nitrogens is 4. The van der Waals surface area contributed by atoms with E-state index in [1.54, 1.807) is 6.20 Å². The second kappa shape index (κ2) is 6.96. The molecule has 0 saturated heterocycles. The van der Waals surface area contributed by atoms with E-state index in [4.69, 9.17) is 5.10 Å². The zero-order valence-corrected chi connectivity index (χ0v) is 15.5. The van der Waals surface area contributed by atoms with Gasteiger partial charge in [0.05, 0.1) is 29.0 Å². The van der Waals surface area contributed by atoms with Gasteiger partial charge >= 0.3 is 0 Å². The van der Waals surface area contributed by atoms with Gasteiger partial charge in [0.1, 0.15) is 5.69 Å². The molecule has 4 aromatic heterocycles. The van der Waals surface area contributed by atoms with Gasteiger partial charge in [0.15, 0.2) is 0 Å². The molecule has 1 amide bonds. The van der Waals surface area contributed by atoms with Crippen LogP contribution in [0.4, 0.5) is 0 Å². The summed E-state index contributed by atoms with van der Waals surface area (Å²) in [4.78, 5) is 17.1. The summed E-state index contributed by atoms with van der Waals surface area (Å²) < 4.78 is 4.04. The lowest BCUT2D eigenvalue weighted by Crippen LogP contribution is -2.23. The molecule has 5 rings (SSSR count). The smallest absolute Gasteiger partial charge is 0.253 e. The third-order valence-corrected chi connectivity index (χ3v) is 5.12. The Morgan fingerprint density at radius 2 is 2.00 bits per heavy atom. The topological polar surface area (TPSA) is 64.2 Å². The fraction of sp³-hybridized carbons (Fsp3) is 0.227. The van der Waals surface area contributed by atoms with E-state index >= 15 is 0 Å². The maximum absolute atomic E-state index is 12.9. The molecule has 1 saturated carbocycles. The van der Waals surface area contributed by atoms with Crippen LogP contribution < -0.4 is 5.32 Å². The predicted molar refractivity (Wildman–Crippen MR) is 107 cm³/mol. The molecule has 6 nitrogen and oxygen atoms in total. The van der Waals surface area contributed by atoms with E-state index in [1.807, 2.05) is 70.0 Å². The Morgan fingerprint density at radius 1 is 1.11 bits per heavy atom. The molecular formula is C22H21N5O. The fourth-order valence-corrected chi connectivity index (χ4v) is 3.47. The van der Waals surface area contributed by atoms with Crippen LogP contribution in [0.5, 0.6) is 0 Å². The highest BCUT2D eigenvalue weighted by molar-refractivity contribution is 6.02. The number of carbonyl (C=O) groups is 1. The molecule has 0 unspecified atom stereocenters. The van der Waals surface area contributed by atoms with Crippen LogP contribution in [0, 0.1) is 5.92 Å². The normalized spacial score (nSPS) is 13.7. The third-order valence-electron chi connectivity index (χ3n) is 5.12. The average molecular weight is 371 g/mol. The molecule has 4 aromatic rings. The number of nitrogens with zero attached hydrogens (tertiary/aromatic N) is 4. The van der Waals surface area contributed by atoms with Gasteiger partial charge in [0, 0.05) is 25.1 Å². The highest BCUT2D eigenvalue weighted by Crippen LogP contribution is 2.31. The van der Waals surface area contributed by atoms with Crippen LogP contribution in [0.3, 0.4) is 0 Å². The van der Waals surface area contributed by atoms with Crippen molar-refractivity contribution in [3.8, 4) is 11.4 Å². The minimum atomic E-state index is -0.113. The van der Waals surface area contributed by atoms with E-state index in [0.29, 0.717) is 12.1 Å². The Bertz CT molecular complexity index is 1120. The van der Waals surface area contributed by atoms with Crippen molar-refractivity contribution in [1.29, 1.82) is 0 Å². The van der Waals surface area contributed by atoms with Crippen LogP contribution in [-0.4, -0.2) is 25.1 Å². The summed E-state index contributed by atoms with van der Waals surface area (Å²) in [6, 6.07) is 15.5. The molecular weight excluding hydrogens is 350 g/mol. The predicted octanol–water partition coefficient (Wildman–Crippen LogP) is 3.54. The molecule has 1 aliphatic carbocycles. The summed E-state index contributed by atoms with van der Waals surface area (Å²) in [6.45, 7) is 1.37. The van der Waals surface area contributed by atoms with Crippen molar-refractivity contribution in [2.75, 3.05) is 0 Å². The molecule has 0 atom stereocenters. The van der Waals surface area contributed by atoms with Gasteiger partial charge in [-0.3, -0.25) is 14.5 Å². The molecule has 0 radical (unpaired) electrons. The minimum absolute atomic E-state index is 0.113. The van der Waals surface area contributed by atoms with Gasteiger partial charge < -0.3 is 9.72 Å².